The highest BCUT2D eigenvalue weighted by atomic mass is 16.3. The Hall–Kier alpha value is -0.0400. The van der Waals surface area contributed by atoms with Gasteiger partial charge in [0.1, 0.15) is 0 Å². The minimum absolute atomic E-state index is 0.0696. The van der Waals surface area contributed by atoms with Crippen LogP contribution in [0.3, 0.4) is 0 Å². The Labute approximate surface area is 95.3 Å². The lowest BCUT2D eigenvalue weighted by Gasteiger charge is -2.44. The summed E-state index contributed by atoms with van der Waals surface area (Å²) in [5.41, 5.74) is 0.437. The van der Waals surface area contributed by atoms with Crippen molar-refractivity contribution < 1.29 is 5.11 Å². The maximum absolute atomic E-state index is 9.95. The maximum atomic E-state index is 9.95. The highest BCUT2D eigenvalue weighted by molar-refractivity contribution is 4.87. The van der Waals surface area contributed by atoms with Gasteiger partial charge in [-0.25, -0.2) is 0 Å². The molecule has 0 radical (unpaired) electrons. The van der Waals surface area contributed by atoms with E-state index in [0.717, 1.165) is 25.2 Å². The van der Waals surface area contributed by atoms with E-state index in [1.807, 2.05) is 0 Å². The summed E-state index contributed by atoms with van der Waals surface area (Å²) < 4.78 is 0. The Balaban J connectivity index is 2.55. The van der Waals surface area contributed by atoms with Crippen molar-refractivity contribution in [3.05, 3.63) is 0 Å². The Kier molecular flexibility index (Phi) is 4.64. The molecule has 0 aliphatic heterocycles. The first-order chi connectivity index (χ1) is 6.97. The van der Waals surface area contributed by atoms with E-state index in [0.29, 0.717) is 11.3 Å². The van der Waals surface area contributed by atoms with Gasteiger partial charge in [-0.3, -0.25) is 0 Å². The molecule has 0 saturated heterocycles. The van der Waals surface area contributed by atoms with Gasteiger partial charge < -0.3 is 5.11 Å². The Morgan fingerprint density at radius 3 is 2.60 bits per heavy atom. The summed E-state index contributed by atoms with van der Waals surface area (Å²) in [7, 11) is 0. The number of hydrogen-bond donors (Lipinski definition) is 1. The minimum Gasteiger partial charge on any atom is -0.393 e. The van der Waals surface area contributed by atoms with Crippen LogP contribution in [0.15, 0.2) is 0 Å². The summed E-state index contributed by atoms with van der Waals surface area (Å²) in [6.45, 7) is 9.28. The summed E-state index contributed by atoms with van der Waals surface area (Å²) >= 11 is 0. The summed E-state index contributed by atoms with van der Waals surface area (Å²) in [6.07, 6.45) is 7.08. The lowest BCUT2D eigenvalue weighted by Crippen LogP contribution is -2.36. The van der Waals surface area contributed by atoms with Gasteiger partial charge in [0.15, 0.2) is 0 Å². The first kappa shape index (κ1) is 13.0. The van der Waals surface area contributed by atoms with Crippen LogP contribution >= 0.6 is 0 Å². The van der Waals surface area contributed by atoms with Crippen LogP contribution < -0.4 is 0 Å². The predicted octanol–water partition coefficient (Wildman–Crippen LogP) is 4.00. The molecule has 0 aromatic carbocycles. The molecule has 90 valence electrons. The Morgan fingerprint density at radius 2 is 2.07 bits per heavy atom. The zero-order valence-corrected chi connectivity index (χ0v) is 10.9. The van der Waals surface area contributed by atoms with Gasteiger partial charge in [0.25, 0.3) is 0 Å². The number of hydrogen-bond acceptors (Lipinski definition) is 1. The molecule has 0 bridgehead atoms. The summed E-state index contributed by atoms with van der Waals surface area (Å²) in [5, 5.41) is 9.95. The molecule has 0 aromatic heterocycles. The van der Waals surface area contributed by atoms with Gasteiger partial charge in [0.05, 0.1) is 6.10 Å². The fraction of sp³-hybridized carbons (Fsp3) is 1.00. The van der Waals surface area contributed by atoms with Crippen molar-refractivity contribution in [1.82, 2.24) is 0 Å². The van der Waals surface area contributed by atoms with Crippen LogP contribution in [0.25, 0.3) is 0 Å². The van der Waals surface area contributed by atoms with Gasteiger partial charge in [-0.1, -0.05) is 47.0 Å². The fourth-order valence-corrected chi connectivity index (χ4v) is 3.33. The quantitative estimate of drug-likeness (QED) is 0.747. The van der Waals surface area contributed by atoms with E-state index < -0.39 is 0 Å². The fourth-order valence-electron chi connectivity index (χ4n) is 3.33. The van der Waals surface area contributed by atoms with Crippen molar-refractivity contribution in [3.8, 4) is 0 Å². The molecule has 1 heteroatoms. The van der Waals surface area contributed by atoms with E-state index >= 15 is 0 Å². The van der Waals surface area contributed by atoms with E-state index in [1.165, 1.54) is 19.3 Å². The second-order valence-electron chi connectivity index (χ2n) is 6.14. The monoisotopic (exact) mass is 212 g/mol. The van der Waals surface area contributed by atoms with Crippen molar-refractivity contribution in [2.75, 3.05) is 0 Å². The van der Waals surface area contributed by atoms with Crippen molar-refractivity contribution in [2.24, 2.45) is 17.3 Å². The van der Waals surface area contributed by atoms with Gasteiger partial charge in [-0.15, -0.1) is 0 Å². The minimum atomic E-state index is -0.0696. The lowest BCUT2D eigenvalue weighted by molar-refractivity contribution is 0.0273. The predicted molar refractivity (Wildman–Crippen MR) is 65.8 cm³/mol. The maximum Gasteiger partial charge on any atom is 0.0543 e. The molecule has 1 saturated carbocycles. The SMILES string of the molecule is CCCC(O)CC1C(C)CCCC1(C)C. The topological polar surface area (TPSA) is 20.2 Å². The largest absolute Gasteiger partial charge is 0.393 e. The molecule has 1 aliphatic rings. The van der Waals surface area contributed by atoms with Crippen molar-refractivity contribution in [1.29, 1.82) is 0 Å². The highest BCUT2D eigenvalue weighted by Gasteiger charge is 2.37. The molecule has 1 rings (SSSR count). The molecule has 1 fully saturated rings. The molecular weight excluding hydrogens is 184 g/mol. The van der Waals surface area contributed by atoms with E-state index in [2.05, 4.69) is 27.7 Å². The standard InChI is InChI=1S/C14H28O/c1-5-7-12(15)10-13-11(2)8-6-9-14(13,3)4/h11-13,15H,5-10H2,1-4H3. The first-order valence-electron chi connectivity index (χ1n) is 6.65. The van der Waals surface area contributed by atoms with Crippen LogP contribution in [0.5, 0.6) is 0 Å². The second kappa shape index (κ2) is 5.34. The number of rotatable bonds is 4. The Morgan fingerprint density at radius 1 is 1.40 bits per heavy atom. The molecular formula is C14H28O. The lowest BCUT2D eigenvalue weighted by atomic mass is 9.62. The van der Waals surface area contributed by atoms with Crippen molar-refractivity contribution in [2.45, 2.75) is 72.3 Å². The summed E-state index contributed by atoms with van der Waals surface area (Å²) in [6, 6.07) is 0. The third kappa shape index (κ3) is 3.48. The van der Waals surface area contributed by atoms with Gasteiger partial charge in [-0.2, -0.15) is 0 Å². The molecule has 3 unspecified atom stereocenters. The molecule has 0 aromatic rings. The van der Waals surface area contributed by atoms with Gasteiger partial charge in [0, 0.05) is 0 Å². The van der Waals surface area contributed by atoms with E-state index in [9.17, 15) is 5.11 Å². The van der Waals surface area contributed by atoms with Gasteiger partial charge in [0.2, 0.25) is 0 Å². The average Bonchev–Trinajstić information content (AvgIpc) is 2.12. The third-order valence-corrected chi connectivity index (χ3v) is 4.32. The van der Waals surface area contributed by atoms with Crippen LogP contribution in [0, 0.1) is 17.3 Å². The van der Waals surface area contributed by atoms with Gasteiger partial charge >= 0.3 is 0 Å². The second-order valence-corrected chi connectivity index (χ2v) is 6.14. The van der Waals surface area contributed by atoms with Crippen LogP contribution in [0.2, 0.25) is 0 Å². The summed E-state index contributed by atoms with van der Waals surface area (Å²) in [5.74, 6) is 1.51. The zero-order chi connectivity index (χ0) is 11.5. The molecule has 1 N–H and O–H groups in total. The smallest absolute Gasteiger partial charge is 0.0543 e. The number of aliphatic hydroxyl groups excluding tert-OH is 1. The first-order valence-corrected chi connectivity index (χ1v) is 6.65. The van der Waals surface area contributed by atoms with Crippen LogP contribution in [-0.4, -0.2) is 11.2 Å². The molecule has 0 spiro atoms. The van der Waals surface area contributed by atoms with E-state index in [4.69, 9.17) is 0 Å². The third-order valence-electron chi connectivity index (χ3n) is 4.32. The van der Waals surface area contributed by atoms with Crippen LogP contribution in [-0.2, 0) is 0 Å². The zero-order valence-electron chi connectivity index (χ0n) is 10.9. The van der Waals surface area contributed by atoms with Crippen LogP contribution in [0.1, 0.15) is 66.2 Å². The number of aliphatic hydroxyl groups is 1. The van der Waals surface area contributed by atoms with E-state index in [-0.39, 0.29) is 6.10 Å². The molecule has 3 atom stereocenters. The average molecular weight is 212 g/mol. The normalized spacial score (nSPS) is 32.6. The molecule has 15 heavy (non-hydrogen) atoms. The van der Waals surface area contributed by atoms with Gasteiger partial charge in [-0.05, 0) is 36.5 Å². The van der Waals surface area contributed by atoms with E-state index in [1.54, 1.807) is 0 Å². The molecule has 1 nitrogen and oxygen atoms in total. The molecule has 0 heterocycles. The summed E-state index contributed by atoms with van der Waals surface area (Å²) in [4.78, 5) is 0. The highest BCUT2D eigenvalue weighted by Crippen LogP contribution is 2.46. The molecule has 1 aliphatic carbocycles. The Bertz CT molecular complexity index is 186. The van der Waals surface area contributed by atoms with Crippen LogP contribution in [0.4, 0.5) is 0 Å². The van der Waals surface area contributed by atoms with Crippen molar-refractivity contribution in [3.63, 3.8) is 0 Å². The van der Waals surface area contributed by atoms with Crippen molar-refractivity contribution >= 4 is 0 Å². The molecule has 0 amide bonds.